The second-order valence-corrected chi connectivity index (χ2v) is 6.44. The Morgan fingerprint density at radius 2 is 1.55 bits per heavy atom. The number of nitrogens with zero attached hydrogens (tertiary/aromatic N) is 5. The maximum atomic E-state index is 11.7. The zero-order valence-electron chi connectivity index (χ0n) is 17.1. The summed E-state index contributed by atoms with van der Waals surface area (Å²) in [7, 11) is 3.70. The van der Waals surface area contributed by atoms with E-state index in [0.717, 1.165) is 11.3 Å². The first-order valence-electron chi connectivity index (χ1n) is 8.46. The maximum absolute atomic E-state index is 11.7. The molecule has 168 valence electrons. The first-order chi connectivity index (χ1) is 14.3. The molecule has 2 aromatic rings. The Kier molecular flexibility index (Phi) is 8.08. The molecular formula is C16H19N6O9-. The van der Waals surface area contributed by atoms with Crippen LogP contribution in [-0.4, -0.2) is 50.9 Å². The third-order valence-corrected chi connectivity index (χ3v) is 4.19. The summed E-state index contributed by atoms with van der Waals surface area (Å²) in [6, 6.07) is 0.569. The van der Waals surface area contributed by atoms with Crippen molar-refractivity contribution in [1.29, 1.82) is 0 Å². The molecule has 0 saturated heterocycles. The van der Waals surface area contributed by atoms with Gasteiger partial charge in [-0.1, -0.05) is 5.16 Å². The molecule has 1 atom stereocenters. The second kappa shape index (κ2) is 10.1. The monoisotopic (exact) mass is 439 g/mol. The highest BCUT2D eigenvalue weighted by Gasteiger charge is 2.24. The van der Waals surface area contributed by atoms with E-state index in [1.165, 1.54) is 0 Å². The third-order valence-electron chi connectivity index (χ3n) is 4.19. The van der Waals surface area contributed by atoms with E-state index < -0.39 is 37.6 Å². The number of nitro groups is 3. The summed E-state index contributed by atoms with van der Waals surface area (Å²) in [5.74, 6) is -1.12. The van der Waals surface area contributed by atoms with Gasteiger partial charge in [-0.25, -0.2) is 0 Å². The molecule has 1 unspecified atom stereocenters. The summed E-state index contributed by atoms with van der Waals surface area (Å²) in [5, 5.41) is 48.6. The number of non-ortho nitro benzene ring substituents is 1. The number of carbonyl (C=O) groups is 1. The van der Waals surface area contributed by atoms with E-state index >= 15 is 0 Å². The second-order valence-electron chi connectivity index (χ2n) is 6.44. The van der Waals surface area contributed by atoms with Crippen molar-refractivity contribution in [2.45, 2.75) is 26.8 Å². The van der Waals surface area contributed by atoms with Gasteiger partial charge in [-0.3, -0.25) is 45.4 Å². The molecule has 0 aliphatic carbocycles. The molecule has 2 rings (SSSR count). The first kappa shape index (κ1) is 24.9. The van der Waals surface area contributed by atoms with E-state index in [4.69, 9.17) is 4.52 Å². The van der Waals surface area contributed by atoms with Gasteiger partial charge in [0.2, 0.25) is 11.8 Å². The van der Waals surface area contributed by atoms with Crippen LogP contribution in [0.4, 0.5) is 22.9 Å². The molecule has 0 radical (unpaired) electrons. The predicted molar refractivity (Wildman–Crippen MR) is 104 cm³/mol. The van der Waals surface area contributed by atoms with E-state index in [1.807, 2.05) is 39.8 Å². The van der Waals surface area contributed by atoms with E-state index in [1.54, 1.807) is 0 Å². The summed E-state index contributed by atoms with van der Waals surface area (Å²) in [4.78, 5) is 41.0. The summed E-state index contributed by atoms with van der Waals surface area (Å²) in [5.41, 5.74) is -1.60. The molecule has 0 bridgehead atoms. The molecule has 1 amide bonds. The fourth-order valence-electron chi connectivity index (χ4n) is 1.94. The van der Waals surface area contributed by atoms with Gasteiger partial charge in [0.15, 0.2) is 0 Å². The summed E-state index contributed by atoms with van der Waals surface area (Å²) >= 11 is 0. The van der Waals surface area contributed by atoms with Crippen LogP contribution in [0, 0.1) is 44.2 Å². The Balaban J connectivity index is 0.000000311. The van der Waals surface area contributed by atoms with Crippen LogP contribution in [0.2, 0.25) is 0 Å². The van der Waals surface area contributed by atoms with Gasteiger partial charge in [-0.15, -0.1) is 0 Å². The molecule has 1 aromatic heterocycles. The lowest BCUT2D eigenvalue weighted by atomic mass is 10.2. The quantitative estimate of drug-likeness (QED) is 0.505. The highest BCUT2D eigenvalue weighted by atomic mass is 16.6. The molecule has 1 heterocycles. The fraction of sp³-hybridized carbons (Fsp3) is 0.375. The van der Waals surface area contributed by atoms with E-state index in [-0.39, 0.29) is 11.9 Å². The third kappa shape index (κ3) is 6.17. The zero-order valence-corrected chi connectivity index (χ0v) is 17.1. The van der Waals surface area contributed by atoms with Crippen molar-refractivity contribution in [1.82, 2.24) is 10.1 Å². The molecule has 0 spiro atoms. The minimum Gasteiger partial charge on any atom is -0.863 e. The lowest BCUT2D eigenvalue weighted by Gasteiger charge is -2.17. The van der Waals surface area contributed by atoms with Gasteiger partial charge in [0, 0.05) is 5.56 Å². The molecule has 0 fully saturated rings. The van der Waals surface area contributed by atoms with Crippen LogP contribution in [0.3, 0.4) is 0 Å². The number of aromatic nitrogens is 1. The SMILES string of the molecule is Cc1noc(NC(=O)C(C)N(C)C)c1C.O=[N+]([O-])c1cc([N+](=O)[O-])c([O-])c([N+](=O)[O-])c1. The van der Waals surface area contributed by atoms with Crippen LogP contribution in [0.15, 0.2) is 16.7 Å². The Bertz CT molecular complexity index is 982. The standard InChI is InChI=1S/C10H17N3O2.C6H3N3O7/c1-6-7(2)12-15-10(6)11-9(14)8(3)13(4)5;10-6-4(8(13)14)1-3(7(11)12)2-5(6)9(15)16/h8H,1-5H3,(H,11,14);1-2,10H/p-1. The smallest absolute Gasteiger partial charge is 0.283 e. The number of amides is 1. The topological polar surface area (TPSA) is 211 Å². The lowest BCUT2D eigenvalue weighted by Crippen LogP contribution is -2.37. The van der Waals surface area contributed by atoms with Crippen molar-refractivity contribution < 1.29 is 29.2 Å². The fourth-order valence-corrected chi connectivity index (χ4v) is 1.94. The van der Waals surface area contributed by atoms with Crippen LogP contribution in [-0.2, 0) is 4.79 Å². The number of hydrogen-bond acceptors (Lipinski definition) is 11. The van der Waals surface area contributed by atoms with E-state index in [0.29, 0.717) is 18.0 Å². The average Bonchev–Trinajstić information content (AvgIpc) is 2.99. The van der Waals surface area contributed by atoms with Crippen molar-refractivity contribution in [2.24, 2.45) is 0 Å². The molecule has 1 aromatic carbocycles. The van der Waals surface area contributed by atoms with Crippen molar-refractivity contribution in [3.63, 3.8) is 0 Å². The van der Waals surface area contributed by atoms with Gasteiger partial charge in [-0.05, 0) is 34.9 Å². The van der Waals surface area contributed by atoms with Gasteiger partial charge >= 0.3 is 0 Å². The molecule has 15 nitrogen and oxygen atoms in total. The van der Waals surface area contributed by atoms with Crippen molar-refractivity contribution >= 4 is 28.9 Å². The summed E-state index contributed by atoms with van der Waals surface area (Å²) < 4.78 is 5.00. The summed E-state index contributed by atoms with van der Waals surface area (Å²) in [6.45, 7) is 5.53. The summed E-state index contributed by atoms with van der Waals surface area (Å²) in [6.07, 6.45) is 0. The van der Waals surface area contributed by atoms with Gasteiger partial charge < -0.3 is 9.63 Å². The van der Waals surface area contributed by atoms with E-state index in [2.05, 4.69) is 10.5 Å². The van der Waals surface area contributed by atoms with Gasteiger partial charge in [0.1, 0.15) is 0 Å². The highest BCUT2D eigenvalue weighted by molar-refractivity contribution is 5.93. The number of benzene rings is 1. The van der Waals surface area contributed by atoms with Crippen LogP contribution in [0.5, 0.6) is 5.75 Å². The Morgan fingerprint density at radius 1 is 1.06 bits per heavy atom. The maximum Gasteiger partial charge on any atom is 0.283 e. The van der Waals surface area contributed by atoms with Gasteiger partial charge in [0.05, 0.1) is 44.4 Å². The first-order valence-corrected chi connectivity index (χ1v) is 8.46. The zero-order chi connectivity index (χ0) is 24.0. The largest absolute Gasteiger partial charge is 0.863 e. The number of rotatable bonds is 6. The number of aryl methyl sites for hydroxylation is 1. The molecule has 0 aliphatic rings. The van der Waals surface area contributed by atoms with Crippen molar-refractivity contribution in [3.8, 4) is 5.75 Å². The minimum atomic E-state index is -1.46. The van der Waals surface area contributed by atoms with Crippen LogP contribution in [0.25, 0.3) is 0 Å². The average molecular weight is 439 g/mol. The Labute approximate surface area is 174 Å². The Hall–Kier alpha value is -4.14. The van der Waals surface area contributed by atoms with Crippen LogP contribution >= 0.6 is 0 Å². The molecule has 0 aliphatic heterocycles. The van der Waals surface area contributed by atoms with Crippen molar-refractivity contribution in [3.05, 3.63) is 53.7 Å². The van der Waals surface area contributed by atoms with E-state index in [9.17, 15) is 40.2 Å². The number of nitro benzene ring substituents is 3. The molecule has 31 heavy (non-hydrogen) atoms. The molecule has 1 N–H and O–H groups in total. The molecule has 15 heteroatoms. The van der Waals surface area contributed by atoms with Crippen molar-refractivity contribution in [2.75, 3.05) is 19.4 Å². The minimum absolute atomic E-state index is 0.0979. The Morgan fingerprint density at radius 3 is 1.87 bits per heavy atom. The number of likely N-dealkylation sites (N-methyl/N-ethyl adjacent to an activating group) is 1. The highest BCUT2D eigenvalue weighted by Crippen LogP contribution is 2.36. The number of anilines is 1. The molecule has 0 saturated carbocycles. The lowest BCUT2D eigenvalue weighted by molar-refractivity contribution is -0.420. The van der Waals surface area contributed by atoms with Crippen LogP contribution in [0.1, 0.15) is 18.2 Å². The van der Waals surface area contributed by atoms with Gasteiger partial charge in [-0.2, -0.15) is 0 Å². The number of carbonyl (C=O) groups excluding carboxylic acids is 1. The molecular weight excluding hydrogens is 420 g/mol. The normalized spacial score (nSPS) is 11.3. The van der Waals surface area contributed by atoms with Gasteiger partial charge in [0.25, 0.3) is 17.1 Å². The predicted octanol–water partition coefficient (Wildman–Crippen LogP) is 1.66. The number of hydrogen-bond donors (Lipinski definition) is 1. The number of nitrogens with one attached hydrogen (secondary N) is 1. The van der Waals surface area contributed by atoms with Crippen LogP contribution < -0.4 is 10.4 Å².